The van der Waals surface area contributed by atoms with Crippen LogP contribution in [0.3, 0.4) is 0 Å². The lowest BCUT2D eigenvalue weighted by molar-refractivity contribution is 0.264. The molecule has 0 saturated heterocycles. The van der Waals surface area contributed by atoms with E-state index in [1.54, 1.807) is 27.7 Å². The molecule has 0 aromatic heterocycles. The first kappa shape index (κ1) is 12.8. The maximum absolute atomic E-state index is 11.3. The summed E-state index contributed by atoms with van der Waals surface area (Å²) in [5.74, 6) is 0. The van der Waals surface area contributed by atoms with Gasteiger partial charge in [-0.25, -0.2) is 0 Å². The van der Waals surface area contributed by atoms with E-state index < -0.39 is 21.8 Å². The summed E-state index contributed by atoms with van der Waals surface area (Å²) in [6.45, 7) is 6.61. The standard InChI is InChI=1S/C7H18N2O3S/c1-6(5-10)8-13(11,12)9-7(2,3)4/h6,8-10H,5H2,1-4H3/t6-/m0/s1. The summed E-state index contributed by atoms with van der Waals surface area (Å²) in [6, 6.07) is -0.472. The second-order valence-corrected chi connectivity index (χ2v) is 5.50. The Labute approximate surface area is 79.7 Å². The van der Waals surface area contributed by atoms with E-state index in [0.717, 1.165) is 0 Å². The summed E-state index contributed by atoms with van der Waals surface area (Å²) in [5, 5.41) is 8.64. The number of hydrogen-bond donors (Lipinski definition) is 3. The lowest BCUT2D eigenvalue weighted by Gasteiger charge is -2.22. The molecule has 0 fully saturated rings. The zero-order chi connectivity index (χ0) is 10.7. The third-order valence-electron chi connectivity index (χ3n) is 1.07. The number of rotatable bonds is 4. The molecule has 80 valence electrons. The summed E-state index contributed by atoms with van der Waals surface area (Å²) in [4.78, 5) is 0. The first-order chi connectivity index (χ1) is 5.66. The van der Waals surface area contributed by atoms with Gasteiger partial charge in [-0.15, -0.1) is 0 Å². The lowest BCUT2D eigenvalue weighted by Crippen LogP contribution is -2.49. The van der Waals surface area contributed by atoms with E-state index in [1.807, 2.05) is 0 Å². The molecule has 0 spiro atoms. The van der Waals surface area contributed by atoms with Crippen LogP contribution in [0.4, 0.5) is 0 Å². The van der Waals surface area contributed by atoms with Crippen molar-refractivity contribution in [2.45, 2.75) is 39.3 Å². The van der Waals surface area contributed by atoms with Gasteiger partial charge in [-0.05, 0) is 27.7 Å². The minimum absolute atomic E-state index is 0.217. The SMILES string of the molecule is C[C@@H](CO)NS(=O)(=O)NC(C)(C)C. The van der Waals surface area contributed by atoms with Crippen LogP contribution in [0.1, 0.15) is 27.7 Å². The van der Waals surface area contributed by atoms with Gasteiger partial charge < -0.3 is 5.11 Å². The molecule has 0 heterocycles. The average molecular weight is 210 g/mol. The molecule has 0 rings (SSSR count). The molecule has 1 atom stereocenters. The number of hydrogen-bond acceptors (Lipinski definition) is 3. The summed E-state index contributed by atoms with van der Waals surface area (Å²) in [5.41, 5.74) is -0.513. The van der Waals surface area contributed by atoms with E-state index in [2.05, 4.69) is 9.44 Å². The smallest absolute Gasteiger partial charge is 0.277 e. The zero-order valence-electron chi connectivity index (χ0n) is 8.46. The molecular weight excluding hydrogens is 192 g/mol. The fraction of sp³-hybridized carbons (Fsp3) is 1.00. The van der Waals surface area contributed by atoms with Crippen LogP contribution in [0.2, 0.25) is 0 Å². The van der Waals surface area contributed by atoms with Crippen molar-refractivity contribution in [2.24, 2.45) is 0 Å². The largest absolute Gasteiger partial charge is 0.395 e. The van der Waals surface area contributed by atoms with Gasteiger partial charge in [-0.1, -0.05) is 0 Å². The molecule has 0 saturated carbocycles. The van der Waals surface area contributed by atoms with Gasteiger partial charge in [-0.2, -0.15) is 17.9 Å². The molecule has 3 N–H and O–H groups in total. The third kappa shape index (κ3) is 6.94. The van der Waals surface area contributed by atoms with Crippen LogP contribution in [0.15, 0.2) is 0 Å². The van der Waals surface area contributed by atoms with E-state index in [1.165, 1.54) is 0 Å². The molecule has 5 nitrogen and oxygen atoms in total. The maximum Gasteiger partial charge on any atom is 0.277 e. The second-order valence-electron chi connectivity index (χ2n) is 4.06. The zero-order valence-corrected chi connectivity index (χ0v) is 9.27. The Kier molecular flexibility index (Phi) is 4.31. The van der Waals surface area contributed by atoms with Crippen LogP contribution >= 0.6 is 0 Å². The molecule has 0 aliphatic rings. The van der Waals surface area contributed by atoms with Gasteiger partial charge in [0, 0.05) is 11.6 Å². The highest BCUT2D eigenvalue weighted by Gasteiger charge is 2.20. The van der Waals surface area contributed by atoms with Crippen molar-refractivity contribution in [2.75, 3.05) is 6.61 Å². The molecule has 0 aliphatic heterocycles. The molecule has 0 aromatic carbocycles. The summed E-state index contributed by atoms with van der Waals surface area (Å²) in [7, 11) is -3.51. The van der Waals surface area contributed by atoms with Gasteiger partial charge in [-0.3, -0.25) is 0 Å². The van der Waals surface area contributed by atoms with Crippen molar-refractivity contribution in [3.63, 3.8) is 0 Å². The van der Waals surface area contributed by atoms with Gasteiger partial charge in [0.25, 0.3) is 10.2 Å². The quantitative estimate of drug-likeness (QED) is 0.590. The van der Waals surface area contributed by atoms with Crippen molar-refractivity contribution >= 4 is 10.2 Å². The van der Waals surface area contributed by atoms with Crippen molar-refractivity contribution in [1.29, 1.82) is 0 Å². The second kappa shape index (κ2) is 4.36. The number of nitrogens with one attached hydrogen (secondary N) is 2. The first-order valence-electron chi connectivity index (χ1n) is 4.08. The molecule has 0 unspecified atom stereocenters. The number of aliphatic hydroxyl groups excluding tert-OH is 1. The third-order valence-corrected chi connectivity index (χ3v) is 2.66. The Hall–Kier alpha value is -0.170. The predicted octanol–water partition coefficient (Wildman–Crippen LogP) is -0.410. The van der Waals surface area contributed by atoms with Crippen molar-refractivity contribution in [3.05, 3.63) is 0 Å². The van der Waals surface area contributed by atoms with E-state index in [0.29, 0.717) is 0 Å². The summed E-state index contributed by atoms with van der Waals surface area (Å²) in [6.07, 6.45) is 0. The van der Waals surface area contributed by atoms with Crippen molar-refractivity contribution in [1.82, 2.24) is 9.44 Å². The number of aliphatic hydroxyl groups is 1. The predicted molar refractivity (Wildman–Crippen MR) is 51.5 cm³/mol. The highest BCUT2D eigenvalue weighted by molar-refractivity contribution is 7.87. The van der Waals surface area contributed by atoms with E-state index >= 15 is 0 Å². The normalized spacial score (nSPS) is 15.8. The average Bonchev–Trinajstić information content (AvgIpc) is 1.80. The van der Waals surface area contributed by atoms with Crippen LogP contribution in [0.25, 0.3) is 0 Å². The van der Waals surface area contributed by atoms with E-state index in [9.17, 15) is 8.42 Å². The molecule has 0 bridgehead atoms. The van der Waals surface area contributed by atoms with Crippen molar-refractivity contribution in [3.8, 4) is 0 Å². The molecule has 0 amide bonds. The Morgan fingerprint density at radius 1 is 1.38 bits per heavy atom. The van der Waals surface area contributed by atoms with Gasteiger partial charge in [0.2, 0.25) is 0 Å². The topological polar surface area (TPSA) is 78.4 Å². The van der Waals surface area contributed by atoms with E-state index in [4.69, 9.17) is 5.11 Å². The van der Waals surface area contributed by atoms with Gasteiger partial charge in [0.1, 0.15) is 0 Å². The molecule has 13 heavy (non-hydrogen) atoms. The minimum atomic E-state index is -3.51. The van der Waals surface area contributed by atoms with Gasteiger partial charge in [0.05, 0.1) is 6.61 Å². The molecule has 6 heteroatoms. The Morgan fingerprint density at radius 2 is 1.85 bits per heavy atom. The van der Waals surface area contributed by atoms with Crippen LogP contribution in [0, 0.1) is 0 Å². The highest BCUT2D eigenvalue weighted by Crippen LogP contribution is 2.00. The van der Waals surface area contributed by atoms with Crippen LogP contribution in [0.5, 0.6) is 0 Å². The highest BCUT2D eigenvalue weighted by atomic mass is 32.2. The Morgan fingerprint density at radius 3 is 2.15 bits per heavy atom. The maximum atomic E-state index is 11.3. The fourth-order valence-electron chi connectivity index (χ4n) is 0.735. The van der Waals surface area contributed by atoms with Crippen LogP contribution < -0.4 is 9.44 Å². The monoisotopic (exact) mass is 210 g/mol. The molecule has 0 radical (unpaired) electrons. The van der Waals surface area contributed by atoms with Gasteiger partial charge >= 0.3 is 0 Å². The van der Waals surface area contributed by atoms with Crippen LogP contribution in [-0.4, -0.2) is 31.7 Å². The Bertz CT molecular complexity index is 243. The fourth-order valence-corrected chi connectivity index (χ4v) is 2.20. The first-order valence-corrected chi connectivity index (χ1v) is 5.57. The minimum Gasteiger partial charge on any atom is -0.395 e. The summed E-state index contributed by atoms with van der Waals surface area (Å²) < 4.78 is 27.2. The molecule has 0 aromatic rings. The van der Waals surface area contributed by atoms with Crippen LogP contribution in [-0.2, 0) is 10.2 Å². The van der Waals surface area contributed by atoms with Crippen molar-refractivity contribution < 1.29 is 13.5 Å². The summed E-state index contributed by atoms with van der Waals surface area (Å²) >= 11 is 0. The van der Waals surface area contributed by atoms with E-state index in [-0.39, 0.29) is 6.61 Å². The lowest BCUT2D eigenvalue weighted by atomic mass is 10.1. The Balaban J connectivity index is 4.27. The molecular formula is C7H18N2O3S. The van der Waals surface area contributed by atoms with Gasteiger partial charge in [0.15, 0.2) is 0 Å². The molecule has 0 aliphatic carbocycles.